The number of hydrogen-bond donors (Lipinski definition) is 1. The molecule has 0 aliphatic carbocycles. The lowest BCUT2D eigenvalue weighted by atomic mass is 10.1. The lowest BCUT2D eigenvalue weighted by molar-refractivity contribution is 0.197. The van der Waals surface area contributed by atoms with Crippen molar-refractivity contribution in [3.05, 3.63) is 36.0 Å². The van der Waals surface area contributed by atoms with Crippen molar-refractivity contribution in [2.24, 2.45) is 0 Å². The number of alkyl halides is 1. The SMILES string of the molecule is O=C(O)n1cc(CCBr)c2ccccc21. The highest BCUT2D eigenvalue weighted by Gasteiger charge is 2.10. The van der Waals surface area contributed by atoms with Gasteiger partial charge in [0.15, 0.2) is 0 Å². The third-order valence-corrected chi connectivity index (χ3v) is 2.76. The molecule has 0 atom stereocenters. The molecule has 4 heteroatoms. The van der Waals surface area contributed by atoms with E-state index >= 15 is 0 Å². The molecule has 0 amide bonds. The summed E-state index contributed by atoms with van der Waals surface area (Å²) in [5, 5.41) is 10.9. The molecule has 1 aromatic carbocycles. The normalized spacial score (nSPS) is 10.7. The van der Waals surface area contributed by atoms with Crippen LogP contribution in [-0.2, 0) is 6.42 Å². The van der Waals surface area contributed by atoms with Gasteiger partial charge >= 0.3 is 6.09 Å². The molecule has 0 aliphatic rings. The van der Waals surface area contributed by atoms with E-state index in [1.165, 1.54) is 4.57 Å². The Balaban J connectivity index is 2.67. The molecule has 1 N–H and O–H groups in total. The van der Waals surface area contributed by atoms with E-state index in [-0.39, 0.29) is 0 Å². The first-order chi connectivity index (χ1) is 7.24. The Hall–Kier alpha value is -1.29. The monoisotopic (exact) mass is 267 g/mol. The molecule has 0 fully saturated rings. The van der Waals surface area contributed by atoms with Gasteiger partial charge in [0.2, 0.25) is 0 Å². The van der Waals surface area contributed by atoms with Crippen LogP contribution in [0.4, 0.5) is 4.79 Å². The predicted octanol–water partition coefficient (Wildman–Crippen LogP) is 3.10. The van der Waals surface area contributed by atoms with E-state index in [0.717, 1.165) is 28.2 Å². The minimum atomic E-state index is -0.938. The molecule has 15 heavy (non-hydrogen) atoms. The Morgan fingerprint density at radius 2 is 2.13 bits per heavy atom. The predicted molar refractivity (Wildman–Crippen MR) is 62.9 cm³/mol. The second-order valence-corrected chi connectivity index (χ2v) is 4.06. The smallest absolute Gasteiger partial charge is 0.416 e. The van der Waals surface area contributed by atoms with Gasteiger partial charge in [-0.1, -0.05) is 34.1 Å². The van der Waals surface area contributed by atoms with E-state index in [1.54, 1.807) is 6.20 Å². The van der Waals surface area contributed by atoms with Gasteiger partial charge in [-0.2, -0.15) is 0 Å². The number of carbonyl (C=O) groups is 1. The number of aromatic nitrogens is 1. The van der Waals surface area contributed by atoms with Gasteiger partial charge in [-0.25, -0.2) is 4.79 Å². The summed E-state index contributed by atoms with van der Waals surface area (Å²) < 4.78 is 1.27. The number of benzene rings is 1. The van der Waals surface area contributed by atoms with Crippen LogP contribution in [0.3, 0.4) is 0 Å². The molecule has 0 spiro atoms. The van der Waals surface area contributed by atoms with Gasteiger partial charge in [0.1, 0.15) is 0 Å². The van der Waals surface area contributed by atoms with Gasteiger partial charge in [-0.15, -0.1) is 0 Å². The zero-order chi connectivity index (χ0) is 10.8. The molecular formula is C11H10BrNO2. The van der Waals surface area contributed by atoms with E-state index < -0.39 is 6.09 Å². The Bertz CT molecular complexity index is 504. The highest BCUT2D eigenvalue weighted by Crippen LogP contribution is 2.21. The van der Waals surface area contributed by atoms with Gasteiger partial charge in [0.25, 0.3) is 0 Å². The average molecular weight is 268 g/mol. The fourth-order valence-corrected chi connectivity index (χ4v) is 2.14. The van der Waals surface area contributed by atoms with Gasteiger partial charge < -0.3 is 5.11 Å². The fraction of sp³-hybridized carbons (Fsp3) is 0.182. The average Bonchev–Trinajstić information content (AvgIpc) is 2.59. The maximum absolute atomic E-state index is 11.0. The van der Waals surface area contributed by atoms with E-state index in [2.05, 4.69) is 15.9 Å². The molecule has 78 valence electrons. The molecule has 1 aromatic heterocycles. The summed E-state index contributed by atoms with van der Waals surface area (Å²) in [6, 6.07) is 7.54. The molecule has 0 aliphatic heterocycles. The van der Waals surface area contributed by atoms with Crippen molar-refractivity contribution in [2.75, 3.05) is 5.33 Å². The highest BCUT2D eigenvalue weighted by molar-refractivity contribution is 9.09. The molecule has 3 nitrogen and oxygen atoms in total. The van der Waals surface area contributed by atoms with Crippen molar-refractivity contribution in [1.29, 1.82) is 0 Å². The van der Waals surface area contributed by atoms with Crippen LogP contribution in [0.5, 0.6) is 0 Å². The molecule has 0 saturated carbocycles. The minimum Gasteiger partial charge on any atom is -0.464 e. The van der Waals surface area contributed by atoms with Crippen molar-refractivity contribution < 1.29 is 9.90 Å². The zero-order valence-corrected chi connectivity index (χ0v) is 9.57. The third kappa shape index (κ3) is 1.77. The highest BCUT2D eigenvalue weighted by atomic mass is 79.9. The number of halogens is 1. The van der Waals surface area contributed by atoms with E-state index in [4.69, 9.17) is 5.11 Å². The number of para-hydroxylation sites is 1. The first kappa shape index (κ1) is 10.2. The van der Waals surface area contributed by atoms with Crippen LogP contribution >= 0.6 is 15.9 Å². The van der Waals surface area contributed by atoms with Crippen LogP contribution in [0, 0.1) is 0 Å². The number of fused-ring (bicyclic) bond motifs is 1. The Labute approximate surface area is 95.5 Å². The summed E-state index contributed by atoms with van der Waals surface area (Å²) >= 11 is 3.36. The van der Waals surface area contributed by atoms with E-state index in [9.17, 15) is 4.79 Å². The number of rotatable bonds is 2. The Morgan fingerprint density at radius 3 is 2.80 bits per heavy atom. The summed E-state index contributed by atoms with van der Waals surface area (Å²) in [5.74, 6) is 0. The maximum Gasteiger partial charge on any atom is 0.416 e. The molecule has 0 bridgehead atoms. The lowest BCUT2D eigenvalue weighted by Gasteiger charge is -1.95. The molecule has 1 heterocycles. The largest absolute Gasteiger partial charge is 0.464 e. The van der Waals surface area contributed by atoms with Crippen molar-refractivity contribution in [3.63, 3.8) is 0 Å². The van der Waals surface area contributed by atoms with Crippen LogP contribution in [0.15, 0.2) is 30.5 Å². The van der Waals surface area contributed by atoms with Crippen molar-refractivity contribution >= 4 is 32.9 Å². The summed E-state index contributed by atoms with van der Waals surface area (Å²) in [4.78, 5) is 11.0. The first-order valence-electron chi connectivity index (χ1n) is 4.62. The lowest BCUT2D eigenvalue weighted by Crippen LogP contribution is -2.05. The van der Waals surface area contributed by atoms with Gasteiger partial charge in [0.05, 0.1) is 5.52 Å². The second-order valence-electron chi connectivity index (χ2n) is 3.26. The summed E-state index contributed by atoms with van der Waals surface area (Å²) in [5.41, 5.74) is 1.81. The summed E-state index contributed by atoms with van der Waals surface area (Å²) in [6.07, 6.45) is 1.58. The van der Waals surface area contributed by atoms with Crippen LogP contribution in [0.25, 0.3) is 10.9 Å². The Morgan fingerprint density at radius 1 is 1.40 bits per heavy atom. The summed E-state index contributed by atoms with van der Waals surface area (Å²) in [7, 11) is 0. The third-order valence-electron chi connectivity index (χ3n) is 2.36. The number of hydrogen-bond acceptors (Lipinski definition) is 1. The fourth-order valence-electron chi connectivity index (χ4n) is 1.71. The van der Waals surface area contributed by atoms with Crippen molar-refractivity contribution in [1.82, 2.24) is 4.57 Å². The van der Waals surface area contributed by atoms with Crippen LogP contribution in [0.2, 0.25) is 0 Å². The van der Waals surface area contributed by atoms with E-state index in [0.29, 0.717) is 0 Å². The Kier molecular flexibility index (Phi) is 2.77. The number of carboxylic acid groups (broad SMARTS) is 1. The zero-order valence-electron chi connectivity index (χ0n) is 7.98. The molecule has 2 rings (SSSR count). The van der Waals surface area contributed by atoms with Crippen LogP contribution in [-0.4, -0.2) is 21.1 Å². The van der Waals surface area contributed by atoms with Gasteiger partial charge in [-0.3, -0.25) is 4.57 Å². The molecule has 0 saturated heterocycles. The molecule has 0 unspecified atom stereocenters. The standard InChI is InChI=1S/C11H10BrNO2/c12-6-5-8-7-13(11(14)15)10-4-2-1-3-9(8)10/h1-4,7H,5-6H2,(H,14,15). The summed E-state index contributed by atoms with van der Waals surface area (Å²) in [6.45, 7) is 0. The first-order valence-corrected chi connectivity index (χ1v) is 5.74. The van der Waals surface area contributed by atoms with Crippen LogP contribution < -0.4 is 0 Å². The molecular weight excluding hydrogens is 258 g/mol. The minimum absolute atomic E-state index is 0.751. The van der Waals surface area contributed by atoms with Gasteiger partial charge in [0, 0.05) is 16.9 Å². The van der Waals surface area contributed by atoms with Crippen molar-refractivity contribution in [2.45, 2.75) is 6.42 Å². The van der Waals surface area contributed by atoms with Gasteiger partial charge in [-0.05, 0) is 18.1 Å². The van der Waals surface area contributed by atoms with Crippen LogP contribution in [0.1, 0.15) is 5.56 Å². The molecule has 2 aromatic rings. The topological polar surface area (TPSA) is 42.2 Å². The number of aryl methyl sites for hydroxylation is 1. The second kappa shape index (κ2) is 4.06. The van der Waals surface area contributed by atoms with Crippen molar-refractivity contribution in [3.8, 4) is 0 Å². The molecule has 0 radical (unpaired) electrons. The number of nitrogens with zero attached hydrogens (tertiary/aromatic N) is 1. The van der Waals surface area contributed by atoms with E-state index in [1.807, 2.05) is 24.3 Å². The maximum atomic E-state index is 11.0. The quantitative estimate of drug-likeness (QED) is 0.850.